The molecule has 0 atom stereocenters. The van der Waals surface area contributed by atoms with Gasteiger partial charge in [-0.05, 0) is 44.9 Å². The molecule has 0 bridgehead atoms. The van der Waals surface area contributed by atoms with Gasteiger partial charge in [0.25, 0.3) is 0 Å². The van der Waals surface area contributed by atoms with Gasteiger partial charge in [-0.15, -0.1) is 0 Å². The first-order valence-corrected chi connectivity index (χ1v) is 6.35. The van der Waals surface area contributed by atoms with Crippen molar-refractivity contribution in [1.82, 2.24) is 9.80 Å². The number of aliphatic hydroxyl groups excluding tert-OH is 1. The molecule has 90 valence electrons. The summed E-state index contributed by atoms with van der Waals surface area (Å²) in [5.41, 5.74) is 0. The summed E-state index contributed by atoms with van der Waals surface area (Å²) >= 11 is 0. The Hall–Kier alpha value is -0.120. The second kappa shape index (κ2) is 7.20. The van der Waals surface area contributed by atoms with E-state index in [-0.39, 0.29) is 0 Å². The lowest BCUT2D eigenvalue weighted by atomic mass is 9.98. The van der Waals surface area contributed by atoms with E-state index in [0.29, 0.717) is 12.5 Å². The van der Waals surface area contributed by atoms with Crippen molar-refractivity contribution in [2.45, 2.75) is 26.7 Å². The fourth-order valence-corrected chi connectivity index (χ4v) is 2.22. The molecule has 0 saturated carbocycles. The van der Waals surface area contributed by atoms with E-state index in [1.54, 1.807) is 0 Å². The molecule has 1 rings (SSSR count). The summed E-state index contributed by atoms with van der Waals surface area (Å²) in [7, 11) is 0. The molecular weight excluding hydrogens is 188 g/mol. The first kappa shape index (κ1) is 12.9. The fourth-order valence-electron chi connectivity index (χ4n) is 2.22. The monoisotopic (exact) mass is 214 g/mol. The van der Waals surface area contributed by atoms with Crippen LogP contribution < -0.4 is 0 Å². The van der Waals surface area contributed by atoms with E-state index >= 15 is 0 Å². The van der Waals surface area contributed by atoms with Crippen molar-refractivity contribution >= 4 is 0 Å². The van der Waals surface area contributed by atoms with E-state index in [0.717, 1.165) is 13.1 Å². The standard InChI is InChI=1S/C12H26N2O/c1-3-13(4-2)9-10-14-7-5-12(11-15)6-8-14/h12,15H,3-11H2,1-2H3. The Labute approximate surface area is 94.1 Å². The zero-order valence-corrected chi connectivity index (χ0v) is 10.3. The Morgan fingerprint density at radius 1 is 1.20 bits per heavy atom. The molecular formula is C12H26N2O. The Morgan fingerprint density at radius 3 is 2.27 bits per heavy atom. The Morgan fingerprint density at radius 2 is 1.80 bits per heavy atom. The van der Waals surface area contributed by atoms with Crippen LogP contribution in [0.2, 0.25) is 0 Å². The highest BCUT2D eigenvalue weighted by Gasteiger charge is 2.18. The molecule has 0 aromatic heterocycles. The van der Waals surface area contributed by atoms with Crippen molar-refractivity contribution in [3.05, 3.63) is 0 Å². The maximum Gasteiger partial charge on any atom is 0.0460 e. The predicted octanol–water partition coefficient (Wildman–Crippen LogP) is 1.03. The van der Waals surface area contributed by atoms with Crippen molar-refractivity contribution in [1.29, 1.82) is 0 Å². The van der Waals surface area contributed by atoms with Crippen LogP contribution in [0.25, 0.3) is 0 Å². The van der Waals surface area contributed by atoms with Gasteiger partial charge in [0.1, 0.15) is 0 Å². The molecule has 0 aromatic rings. The highest BCUT2D eigenvalue weighted by molar-refractivity contribution is 4.72. The lowest BCUT2D eigenvalue weighted by molar-refractivity contribution is 0.121. The van der Waals surface area contributed by atoms with Crippen LogP contribution in [-0.4, -0.2) is 60.8 Å². The van der Waals surface area contributed by atoms with E-state index in [4.69, 9.17) is 5.11 Å². The summed E-state index contributed by atoms with van der Waals surface area (Å²) in [6.45, 7) is 11.9. The van der Waals surface area contributed by atoms with Crippen molar-refractivity contribution < 1.29 is 5.11 Å². The van der Waals surface area contributed by atoms with E-state index in [2.05, 4.69) is 23.6 Å². The zero-order chi connectivity index (χ0) is 11.1. The molecule has 0 radical (unpaired) electrons. The van der Waals surface area contributed by atoms with Crippen LogP contribution in [0.1, 0.15) is 26.7 Å². The maximum atomic E-state index is 9.04. The number of likely N-dealkylation sites (tertiary alicyclic amines) is 1. The number of likely N-dealkylation sites (N-methyl/N-ethyl adjacent to an activating group) is 1. The van der Waals surface area contributed by atoms with Gasteiger partial charge in [-0.2, -0.15) is 0 Å². The Bertz CT molecular complexity index is 152. The normalized spacial score (nSPS) is 20.0. The van der Waals surface area contributed by atoms with Crippen LogP contribution in [0.15, 0.2) is 0 Å². The Kier molecular flexibility index (Phi) is 6.22. The average Bonchev–Trinajstić information content (AvgIpc) is 2.31. The highest BCUT2D eigenvalue weighted by atomic mass is 16.3. The molecule has 15 heavy (non-hydrogen) atoms. The summed E-state index contributed by atoms with van der Waals surface area (Å²) in [5.74, 6) is 0.565. The highest BCUT2D eigenvalue weighted by Crippen LogP contribution is 2.15. The largest absolute Gasteiger partial charge is 0.396 e. The van der Waals surface area contributed by atoms with Crippen LogP contribution >= 0.6 is 0 Å². The van der Waals surface area contributed by atoms with Gasteiger partial charge in [-0.25, -0.2) is 0 Å². The molecule has 1 aliphatic rings. The second-order valence-electron chi connectivity index (χ2n) is 4.49. The number of rotatable bonds is 6. The quantitative estimate of drug-likeness (QED) is 0.715. The third-order valence-electron chi connectivity index (χ3n) is 3.59. The van der Waals surface area contributed by atoms with Gasteiger partial charge in [0, 0.05) is 19.7 Å². The molecule has 1 saturated heterocycles. The van der Waals surface area contributed by atoms with Gasteiger partial charge >= 0.3 is 0 Å². The summed E-state index contributed by atoms with van der Waals surface area (Å²) in [5, 5.41) is 9.04. The molecule has 0 amide bonds. The van der Waals surface area contributed by atoms with Crippen LogP contribution in [0.3, 0.4) is 0 Å². The van der Waals surface area contributed by atoms with Crippen molar-refractivity contribution in [2.24, 2.45) is 5.92 Å². The molecule has 0 unspecified atom stereocenters. The van der Waals surface area contributed by atoms with Crippen molar-refractivity contribution in [2.75, 3.05) is 45.9 Å². The smallest absolute Gasteiger partial charge is 0.0460 e. The van der Waals surface area contributed by atoms with Crippen LogP contribution in [0.4, 0.5) is 0 Å². The summed E-state index contributed by atoms with van der Waals surface area (Å²) in [4.78, 5) is 5.00. The van der Waals surface area contributed by atoms with Crippen LogP contribution in [0, 0.1) is 5.92 Å². The third kappa shape index (κ3) is 4.49. The summed E-state index contributed by atoms with van der Waals surface area (Å²) < 4.78 is 0. The van der Waals surface area contributed by atoms with E-state index in [9.17, 15) is 0 Å². The number of hydrogen-bond donors (Lipinski definition) is 1. The van der Waals surface area contributed by atoms with E-state index in [1.165, 1.54) is 39.0 Å². The first-order valence-electron chi connectivity index (χ1n) is 6.35. The minimum atomic E-state index is 0.379. The molecule has 0 aliphatic carbocycles. The second-order valence-corrected chi connectivity index (χ2v) is 4.49. The summed E-state index contributed by atoms with van der Waals surface area (Å²) in [6.07, 6.45) is 2.35. The number of piperidine rings is 1. The molecule has 3 nitrogen and oxygen atoms in total. The maximum absolute atomic E-state index is 9.04. The molecule has 0 aromatic carbocycles. The fraction of sp³-hybridized carbons (Fsp3) is 1.00. The van der Waals surface area contributed by atoms with Crippen molar-refractivity contribution in [3.8, 4) is 0 Å². The molecule has 1 heterocycles. The van der Waals surface area contributed by atoms with Crippen molar-refractivity contribution in [3.63, 3.8) is 0 Å². The van der Waals surface area contributed by atoms with E-state index < -0.39 is 0 Å². The summed E-state index contributed by atoms with van der Waals surface area (Å²) in [6, 6.07) is 0. The van der Waals surface area contributed by atoms with Gasteiger partial charge in [-0.1, -0.05) is 13.8 Å². The van der Waals surface area contributed by atoms with Gasteiger partial charge in [-0.3, -0.25) is 0 Å². The van der Waals surface area contributed by atoms with Gasteiger partial charge in [0.05, 0.1) is 0 Å². The zero-order valence-electron chi connectivity index (χ0n) is 10.3. The topological polar surface area (TPSA) is 26.7 Å². The molecule has 3 heteroatoms. The lowest BCUT2D eigenvalue weighted by Crippen LogP contribution is -2.40. The molecule has 1 fully saturated rings. The molecule has 1 aliphatic heterocycles. The number of aliphatic hydroxyl groups is 1. The van der Waals surface area contributed by atoms with Crippen LogP contribution in [0.5, 0.6) is 0 Å². The van der Waals surface area contributed by atoms with Gasteiger partial charge < -0.3 is 14.9 Å². The van der Waals surface area contributed by atoms with E-state index in [1.807, 2.05) is 0 Å². The average molecular weight is 214 g/mol. The minimum absolute atomic E-state index is 0.379. The van der Waals surface area contributed by atoms with Gasteiger partial charge in [0.15, 0.2) is 0 Å². The molecule has 0 spiro atoms. The predicted molar refractivity (Wildman–Crippen MR) is 64.0 cm³/mol. The lowest BCUT2D eigenvalue weighted by Gasteiger charge is -2.32. The number of nitrogens with zero attached hydrogens (tertiary/aromatic N) is 2. The minimum Gasteiger partial charge on any atom is -0.396 e. The SMILES string of the molecule is CCN(CC)CCN1CCC(CO)CC1. The van der Waals surface area contributed by atoms with Crippen LogP contribution in [-0.2, 0) is 0 Å². The molecule has 1 N–H and O–H groups in total. The number of hydrogen-bond acceptors (Lipinski definition) is 3. The Balaban J connectivity index is 2.12. The first-order chi connectivity index (χ1) is 7.30. The third-order valence-corrected chi connectivity index (χ3v) is 3.59. The van der Waals surface area contributed by atoms with Gasteiger partial charge in [0.2, 0.25) is 0 Å².